The molecule has 2 rings (SSSR count). The lowest BCUT2D eigenvalue weighted by Crippen LogP contribution is -2.23. The Morgan fingerprint density at radius 3 is 2.53 bits per heavy atom. The van der Waals surface area contributed by atoms with E-state index in [0.717, 1.165) is 16.7 Å². The van der Waals surface area contributed by atoms with Crippen LogP contribution >= 0.6 is 23.8 Å². The second kappa shape index (κ2) is 6.31. The minimum atomic E-state index is 0.141. The molecule has 3 N–H and O–H groups in total. The monoisotopic (exact) mass is 289 g/mol. The van der Waals surface area contributed by atoms with Gasteiger partial charge in [0.15, 0.2) is 5.11 Å². The Labute approximate surface area is 122 Å². The summed E-state index contributed by atoms with van der Waals surface area (Å²) < 4.78 is 0. The molecule has 0 aromatic heterocycles. The van der Waals surface area contributed by atoms with Crippen LogP contribution in [-0.2, 0) is 0 Å². The summed E-state index contributed by atoms with van der Waals surface area (Å²) >= 11 is 10.7. The van der Waals surface area contributed by atoms with Crippen molar-refractivity contribution >= 4 is 35.1 Å². The Morgan fingerprint density at radius 1 is 1.16 bits per heavy atom. The molecule has 0 saturated carbocycles. The number of nitrogens with two attached hydrogens (primary N) is 1. The minimum Gasteiger partial charge on any atom is -0.375 e. The van der Waals surface area contributed by atoms with Crippen molar-refractivity contribution in [2.24, 2.45) is 10.8 Å². The third kappa shape index (κ3) is 4.05. The van der Waals surface area contributed by atoms with Crippen molar-refractivity contribution in [3.05, 3.63) is 59.1 Å². The van der Waals surface area contributed by atoms with E-state index >= 15 is 0 Å². The molecule has 0 atom stereocenters. The first kappa shape index (κ1) is 13.5. The maximum absolute atomic E-state index is 5.99. The lowest BCUT2D eigenvalue weighted by Gasteiger charge is -2.03. The fourth-order valence-electron chi connectivity index (χ4n) is 1.64. The van der Waals surface area contributed by atoms with Crippen molar-refractivity contribution in [3.8, 4) is 11.1 Å². The van der Waals surface area contributed by atoms with Gasteiger partial charge in [-0.15, -0.1) is 0 Å². The first-order chi connectivity index (χ1) is 9.15. The van der Waals surface area contributed by atoms with E-state index in [2.05, 4.69) is 22.7 Å². The molecule has 0 aliphatic heterocycles. The van der Waals surface area contributed by atoms with E-state index in [1.165, 1.54) is 0 Å². The maximum Gasteiger partial charge on any atom is 0.184 e. The summed E-state index contributed by atoms with van der Waals surface area (Å²) in [5.74, 6) is 0. The van der Waals surface area contributed by atoms with Gasteiger partial charge in [-0.2, -0.15) is 5.10 Å². The second-order valence-electron chi connectivity index (χ2n) is 3.87. The van der Waals surface area contributed by atoms with Gasteiger partial charge in [-0.25, -0.2) is 0 Å². The Hall–Kier alpha value is -1.91. The highest BCUT2D eigenvalue weighted by Crippen LogP contribution is 2.23. The number of nitrogens with zero attached hydrogens (tertiary/aromatic N) is 1. The number of hydrazone groups is 1. The zero-order valence-corrected chi connectivity index (χ0v) is 11.6. The standard InChI is InChI=1S/C14H12ClN3S/c15-13-6-2-5-12(8-13)11-4-1-3-10(7-11)9-17-18-14(16)19/h1-9H,(H3,16,18,19). The maximum atomic E-state index is 5.99. The number of benzene rings is 2. The van der Waals surface area contributed by atoms with E-state index in [0.29, 0.717) is 5.02 Å². The summed E-state index contributed by atoms with van der Waals surface area (Å²) in [6.07, 6.45) is 1.66. The Kier molecular flexibility index (Phi) is 4.49. The Morgan fingerprint density at radius 2 is 1.84 bits per heavy atom. The van der Waals surface area contributed by atoms with Crippen LogP contribution in [0.25, 0.3) is 11.1 Å². The van der Waals surface area contributed by atoms with Gasteiger partial charge in [0, 0.05) is 5.02 Å². The highest BCUT2D eigenvalue weighted by Gasteiger charge is 1.99. The molecule has 2 aromatic rings. The van der Waals surface area contributed by atoms with Gasteiger partial charge in [-0.1, -0.05) is 41.9 Å². The smallest absolute Gasteiger partial charge is 0.184 e. The van der Waals surface area contributed by atoms with E-state index in [9.17, 15) is 0 Å². The third-order valence-electron chi connectivity index (χ3n) is 2.43. The molecule has 5 heteroatoms. The number of hydrogen-bond donors (Lipinski definition) is 2. The molecule has 0 amide bonds. The molecule has 0 bridgehead atoms. The molecule has 2 aromatic carbocycles. The molecule has 0 radical (unpaired) electrons. The van der Waals surface area contributed by atoms with Crippen LogP contribution in [0.1, 0.15) is 5.56 Å². The number of rotatable bonds is 3. The molecule has 96 valence electrons. The quantitative estimate of drug-likeness (QED) is 0.518. The number of hydrogen-bond acceptors (Lipinski definition) is 2. The van der Waals surface area contributed by atoms with Crippen molar-refractivity contribution < 1.29 is 0 Å². The zero-order chi connectivity index (χ0) is 13.7. The highest BCUT2D eigenvalue weighted by atomic mass is 35.5. The zero-order valence-electron chi connectivity index (χ0n) is 10.0. The molecular formula is C14H12ClN3S. The second-order valence-corrected chi connectivity index (χ2v) is 4.75. The van der Waals surface area contributed by atoms with Crippen LogP contribution in [-0.4, -0.2) is 11.3 Å². The molecule has 0 spiro atoms. The molecule has 0 heterocycles. The van der Waals surface area contributed by atoms with Gasteiger partial charge >= 0.3 is 0 Å². The largest absolute Gasteiger partial charge is 0.375 e. The van der Waals surface area contributed by atoms with Crippen molar-refractivity contribution in [2.75, 3.05) is 0 Å². The summed E-state index contributed by atoms with van der Waals surface area (Å²) in [6.45, 7) is 0. The van der Waals surface area contributed by atoms with E-state index in [1.54, 1.807) is 6.21 Å². The van der Waals surface area contributed by atoms with E-state index in [4.69, 9.17) is 17.3 Å². The molecule has 19 heavy (non-hydrogen) atoms. The Balaban J connectivity index is 2.24. The van der Waals surface area contributed by atoms with Crippen LogP contribution < -0.4 is 11.2 Å². The molecule has 0 aliphatic carbocycles. The molecular weight excluding hydrogens is 278 g/mol. The van der Waals surface area contributed by atoms with Crippen LogP contribution in [0.4, 0.5) is 0 Å². The molecule has 0 fully saturated rings. The predicted octanol–water partition coefficient (Wildman–Crippen LogP) is 3.17. The molecule has 0 saturated heterocycles. The molecule has 0 unspecified atom stereocenters. The number of nitrogens with one attached hydrogen (secondary N) is 1. The van der Waals surface area contributed by atoms with Crippen LogP contribution in [0.2, 0.25) is 5.02 Å². The summed E-state index contributed by atoms with van der Waals surface area (Å²) in [7, 11) is 0. The van der Waals surface area contributed by atoms with E-state index in [-0.39, 0.29) is 5.11 Å². The van der Waals surface area contributed by atoms with Crippen LogP contribution in [0.15, 0.2) is 53.6 Å². The van der Waals surface area contributed by atoms with Gasteiger partial charge in [-0.05, 0) is 47.1 Å². The lowest BCUT2D eigenvalue weighted by atomic mass is 10.0. The summed E-state index contributed by atoms with van der Waals surface area (Å²) in [5.41, 5.74) is 10.9. The van der Waals surface area contributed by atoms with Crippen LogP contribution in [0.3, 0.4) is 0 Å². The predicted molar refractivity (Wildman–Crippen MR) is 84.4 cm³/mol. The third-order valence-corrected chi connectivity index (χ3v) is 2.76. The Bertz CT molecular complexity index is 626. The first-order valence-corrected chi connectivity index (χ1v) is 6.38. The summed E-state index contributed by atoms with van der Waals surface area (Å²) in [4.78, 5) is 0. The van der Waals surface area contributed by atoms with Crippen LogP contribution in [0.5, 0.6) is 0 Å². The fourth-order valence-corrected chi connectivity index (χ4v) is 1.88. The lowest BCUT2D eigenvalue weighted by molar-refractivity contribution is 1.04. The normalized spacial score (nSPS) is 10.6. The SMILES string of the molecule is NC(=S)NN=Cc1cccc(-c2cccc(Cl)c2)c1. The van der Waals surface area contributed by atoms with Gasteiger partial charge in [0.25, 0.3) is 0 Å². The minimum absolute atomic E-state index is 0.141. The van der Waals surface area contributed by atoms with Gasteiger partial charge in [-0.3, -0.25) is 5.43 Å². The van der Waals surface area contributed by atoms with Crippen molar-refractivity contribution in [3.63, 3.8) is 0 Å². The highest BCUT2D eigenvalue weighted by molar-refractivity contribution is 7.80. The van der Waals surface area contributed by atoms with Gasteiger partial charge in [0.1, 0.15) is 0 Å². The molecule has 3 nitrogen and oxygen atoms in total. The average Bonchev–Trinajstić information content (AvgIpc) is 2.39. The fraction of sp³-hybridized carbons (Fsp3) is 0. The van der Waals surface area contributed by atoms with Crippen LogP contribution in [0, 0.1) is 0 Å². The molecule has 0 aliphatic rings. The van der Waals surface area contributed by atoms with Crippen molar-refractivity contribution in [1.29, 1.82) is 0 Å². The number of thiocarbonyl (C=S) groups is 1. The van der Waals surface area contributed by atoms with E-state index in [1.807, 2.05) is 48.5 Å². The average molecular weight is 290 g/mol. The van der Waals surface area contributed by atoms with E-state index < -0.39 is 0 Å². The topological polar surface area (TPSA) is 50.4 Å². The summed E-state index contributed by atoms with van der Waals surface area (Å²) in [5, 5.41) is 4.78. The summed E-state index contributed by atoms with van der Waals surface area (Å²) in [6, 6.07) is 15.6. The van der Waals surface area contributed by atoms with Gasteiger partial charge in [0.2, 0.25) is 0 Å². The van der Waals surface area contributed by atoms with Crippen molar-refractivity contribution in [2.45, 2.75) is 0 Å². The first-order valence-electron chi connectivity index (χ1n) is 5.59. The number of halogens is 1. The van der Waals surface area contributed by atoms with Gasteiger partial charge in [0.05, 0.1) is 6.21 Å². The van der Waals surface area contributed by atoms with Crippen molar-refractivity contribution in [1.82, 2.24) is 5.43 Å². The van der Waals surface area contributed by atoms with Gasteiger partial charge < -0.3 is 5.73 Å².